The Kier molecular flexibility index (Phi) is 5.03. The number of halogens is 3. The molecule has 0 aromatic carbocycles. The molecule has 1 aliphatic carbocycles. The van der Waals surface area contributed by atoms with Crippen LogP contribution in [0.4, 0.5) is 23.8 Å². The van der Waals surface area contributed by atoms with Crippen molar-refractivity contribution in [2.75, 3.05) is 18.8 Å². The van der Waals surface area contributed by atoms with E-state index in [-0.39, 0.29) is 22.5 Å². The maximum absolute atomic E-state index is 13.3. The van der Waals surface area contributed by atoms with Crippen molar-refractivity contribution in [2.24, 2.45) is 0 Å². The molecule has 8 nitrogen and oxygen atoms in total. The van der Waals surface area contributed by atoms with Crippen LogP contribution < -0.4 is 11.1 Å². The van der Waals surface area contributed by atoms with E-state index in [0.29, 0.717) is 25.3 Å². The number of aryl methyl sites for hydroxylation is 1. The van der Waals surface area contributed by atoms with Gasteiger partial charge >= 0.3 is 12.2 Å². The number of hydrogen-bond acceptors (Lipinski definition) is 5. The number of carbonyl (C=O) groups is 1. The second kappa shape index (κ2) is 7.94. The van der Waals surface area contributed by atoms with E-state index in [4.69, 9.17) is 5.73 Å². The number of likely N-dealkylation sites (tertiary alicyclic amines) is 1. The second-order valence-corrected chi connectivity index (χ2v) is 10.1. The van der Waals surface area contributed by atoms with Gasteiger partial charge in [-0.15, -0.1) is 0 Å². The Bertz CT molecular complexity index is 1320. The predicted molar refractivity (Wildman–Crippen MR) is 126 cm³/mol. The van der Waals surface area contributed by atoms with Crippen LogP contribution in [0.5, 0.6) is 0 Å². The number of anilines is 1. The van der Waals surface area contributed by atoms with Gasteiger partial charge in [-0.25, -0.2) is 9.78 Å². The van der Waals surface area contributed by atoms with Crippen LogP contribution in [0.15, 0.2) is 42.9 Å². The molecule has 11 heteroatoms. The number of rotatable bonds is 3. The number of pyridine rings is 2. The van der Waals surface area contributed by atoms with Gasteiger partial charge in [0.2, 0.25) is 0 Å². The third-order valence-electron chi connectivity index (χ3n) is 8.07. The Morgan fingerprint density at radius 2 is 1.83 bits per heavy atom. The summed E-state index contributed by atoms with van der Waals surface area (Å²) in [5.41, 5.74) is 6.60. The van der Waals surface area contributed by atoms with Crippen LogP contribution in [0.25, 0.3) is 11.3 Å². The zero-order valence-corrected chi connectivity index (χ0v) is 19.6. The quantitative estimate of drug-likeness (QED) is 0.568. The number of amides is 2. The number of nitrogens with one attached hydrogen (secondary N) is 1. The number of nitrogens with two attached hydrogens (primary N) is 1. The van der Waals surface area contributed by atoms with E-state index in [2.05, 4.69) is 20.4 Å². The molecule has 1 saturated carbocycles. The molecule has 36 heavy (non-hydrogen) atoms. The minimum absolute atomic E-state index is 0.0841. The molecular weight excluding hydrogens is 471 g/mol. The Balaban J connectivity index is 1.22. The largest absolute Gasteiger partial charge is 0.419 e. The van der Waals surface area contributed by atoms with Gasteiger partial charge in [-0.1, -0.05) is 0 Å². The molecule has 2 aliphatic heterocycles. The summed E-state index contributed by atoms with van der Waals surface area (Å²) in [5.74, 6) is -0.553. The van der Waals surface area contributed by atoms with Crippen molar-refractivity contribution in [1.29, 1.82) is 0 Å². The summed E-state index contributed by atoms with van der Waals surface area (Å²) in [4.78, 5) is 23.0. The zero-order valence-electron chi connectivity index (χ0n) is 19.6. The van der Waals surface area contributed by atoms with E-state index in [1.54, 1.807) is 12.4 Å². The molecule has 2 amide bonds. The van der Waals surface area contributed by atoms with Gasteiger partial charge in [-0.2, -0.15) is 18.3 Å². The summed E-state index contributed by atoms with van der Waals surface area (Å²) in [6.45, 7) is 1.81. The number of alkyl halides is 3. The lowest BCUT2D eigenvalue weighted by Gasteiger charge is -2.43. The summed E-state index contributed by atoms with van der Waals surface area (Å²) in [7, 11) is 0. The van der Waals surface area contributed by atoms with E-state index in [1.165, 1.54) is 6.20 Å². The van der Waals surface area contributed by atoms with Crippen molar-refractivity contribution in [3.63, 3.8) is 0 Å². The van der Waals surface area contributed by atoms with Crippen LogP contribution >= 0.6 is 0 Å². The minimum Gasteiger partial charge on any atom is -0.383 e. The third kappa shape index (κ3) is 3.59. The van der Waals surface area contributed by atoms with Gasteiger partial charge in [0.05, 0.1) is 16.8 Å². The summed E-state index contributed by atoms with van der Waals surface area (Å²) in [5, 5.41) is 7.85. The van der Waals surface area contributed by atoms with Crippen LogP contribution in [-0.2, 0) is 23.7 Å². The van der Waals surface area contributed by atoms with Crippen molar-refractivity contribution < 1.29 is 18.0 Å². The first-order chi connectivity index (χ1) is 17.2. The Morgan fingerprint density at radius 3 is 2.53 bits per heavy atom. The second-order valence-electron chi connectivity index (χ2n) is 10.1. The molecule has 6 rings (SSSR count). The lowest BCUT2D eigenvalue weighted by Crippen LogP contribution is -2.54. The van der Waals surface area contributed by atoms with Crippen molar-refractivity contribution in [1.82, 2.24) is 30.0 Å². The number of carbonyl (C=O) groups excluding carboxylic acids is 1. The molecule has 1 saturated heterocycles. The highest BCUT2D eigenvalue weighted by atomic mass is 19.4. The third-order valence-corrected chi connectivity index (χ3v) is 8.07. The van der Waals surface area contributed by atoms with Gasteiger partial charge < -0.3 is 16.0 Å². The molecule has 2 fully saturated rings. The van der Waals surface area contributed by atoms with E-state index < -0.39 is 17.6 Å². The average Bonchev–Trinajstić information content (AvgIpc) is 3.53. The summed E-state index contributed by atoms with van der Waals surface area (Å²) < 4.78 is 41.8. The molecule has 188 valence electrons. The van der Waals surface area contributed by atoms with Crippen LogP contribution in [0.3, 0.4) is 0 Å². The maximum atomic E-state index is 13.3. The van der Waals surface area contributed by atoms with Gasteiger partial charge in [0.15, 0.2) is 0 Å². The Labute approximate surface area is 205 Å². The molecule has 0 bridgehead atoms. The van der Waals surface area contributed by atoms with Crippen molar-refractivity contribution in [3.05, 3.63) is 59.7 Å². The molecule has 5 heterocycles. The van der Waals surface area contributed by atoms with Crippen LogP contribution in [-0.4, -0.2) is 43.8 Å². The standard InChI is InChI=1S/C25H26F3N7O/c26-25(27,28)18-12-16(14-31-21(18)29)19-13-20-23(7-11-35(20)33-19)6-10-34(15-23)22(36)32-24(4-1-5-24)17-2-8-30-9-3-17/h2-3,8-9,12-14H,1,4-7,10-11,15H2,(H2,29,31)(H,32,36)/t23-/m1/s1. The average molecular weight is 498 g/mol. The normalized spacial score (nSPS) is 22.5. The highest BCUT2D eigenvalue weighted by Gasteiger charge is 2.48. The van der Waals surface area contributed by atoms with Gasteiger partial charge in [-0.3, -0.25) is 9.67 Å². The molecule has 3 N–H and O–H groups in total. The zero-order chi connectivity index (χ0) is 25.1. The lowest BCUT2D eigenvalue weighted by atomic mass is 9.72. The molecule has 1 atom stereocenters. The summed E-state index contributed by atoms with van der Waals surface area (Å²) >= 11 is 0. The Morgan fingerprint density at radius 1 is 1.08 bits per heavy atom. The molecule has 3 aromatic rings. The molecular formula is C25H26F3N7O. The summed E-state index contributed by atoms with van der Waals surface area (Å²) in [6.07, 6.45) is 4.69. The van der Waals surface area contributed by atoms with E-state index in [0.717, 1.165) is 49.4 Å². The maximum Gasteiger partial charge on any atom is 0.419 e. The van der Waals surface area contributed by atoms with Crippen molar-refractivity contribution >= 4 is 11.8 Å². The SMILES string of the molecule is Nc1ncc(-c2cc3n(n2)CC[C@@]32CCN(C(=O)NC3(c4ccncc4)CCC3)C2)cc1C(F)(F)F. The first-order valence-corrected chi connectivity index (χ1v) is 12.1. The fraction of sp³-hybridized carbons (Fsp3) is 0.440. The molecule has 3 aliphatic rings. The van der Waals surface area contributed by atoms with Crippen molar-refractivity contribution in [2.45, 2.75) is 55.8 Å². The smallest absolute Gasteiger partial charge is 0.383 e. The first kappa shape index (κ1) is 22.8. The topological polar surface area (TPSA) is 102 Å². The monoisotopic (exact) mass is 497 g/mol. The van der Waals surface area contributed by atoms with E-state index in [1.807, 2.05) is 27.8 Å². The van der Waals surface area contributed by atoms with Crippen LogP contribution in [0, 0.1) is 0 Å². The lowest BCUT2D eigenvalue weighted by molar-refractivity contribution is -0.137. The highest BCUT2D eigenvalue weighted by molar-refractivity contribution is 5.76. The number of fused-ring (bicyclic) bond motifs is 2. The number of aromatic nitrogens is 4. The van der Waals surface area contributed by atoms with Gasteiger partial charge in [-0.05, 0) is 61.9 Å². The van der Waals surface area contributed by atoms with Gasteiger partial charge in [0, 0.05) is 54.9 Å². The number of urea groups is 1. The first-order valence-electron chi connectivity index (χ1n) is 12.1. The van der Waals surface area contributed by atoms with Crippen molar-refractivity contribution in [3.8, 4) is 11.3 Å². The fourth-order valence-electron chi connectivity index (χ4n) is 5.88. The van der Waals surface area contributed by atoms with Crippen LogP contribution in [0.1, 0.15) is 48.9 Å². The fourth-order valence-corrected chi connectivity index (χ4v) is 5.88. The number of nitrogens with zero attached hydrogens (tertiary/aromatic N) is 5. The number of hydrogen-bond donors (Lipinski definition) is 2. The molecule has 1 spiro atoms. The summed E-state index contributed by atoms with van der Waals surface area (Å²) in [6, 6.07) is 6.67. The number of nitrogen functional groups attached to an aromatic ring is 1. The minimum atomic E-state index is -4.59. The van der Waals surface area contributed by atoms with Gasteiger partial charge in [0.1, 0.15) is 5.82 Å². The molecule has 0 unspecified atom stereocenters. The molecule has 3 aromatic heterocycles. The van der Waals surface area contributed by atoms with Crippen LogP contribution in [0.2, 0.25) is 0 Å². The molecule has 0 radical (unpaired) electrons. The van der Waals surface area contributed by atoms with E-state index >= 15 is 0 Å². The highest BCUT2D eigenvalue weighted by Crippen LogP contribution is 2.45. The Hall–Kier alpha value is -3.63. The van der Waals surface area contributed by atoms with Gasteiger partial charge in [0.25, 0.3) is 0 Å². The predicted octanol–water partition coefficient (Wildman–Crippen LogP) is 4.08. The van der Waals surface area contributed by atoms with E-state index in [9.17, 15) is 18.0 Å².